The van der Waals surface area contributed by atoms with Gasteiger partial charge < -0.3 is 14.2 Å². The first-order valence-electron chi connectivity index (χ1n) is 12.4. The minimum Gasteiger partial charge on any atom is -0.490 e. The molecule has 0 saturated heterocycles. The Morgan fingerprint density at radius 1 is 0.919 bits per heavy atom. The number of rotatable bonds is 8. The molecule has 0 fully saturated rings. The summed E-state index contributed by atoms with van der Waals surface area (Å²) < 4.78 is 19.9. The molecule has 0 atom stereocenters. The van der Waals surface area contributed by atoms with Crippen LogP contribution in [0.5, 0.6) is 17.2 Å². The summed E-state index contributed by atoms with van der Waals surface area (Å²) in [5, 5.41) is 0. The van der Waals surface area contributed by atoms with Gasteiger partial charge in [-0.25, -0.2) is 9.38 Å². The maximum atomic E-state index is 13.1. The van der Waals surface area contributed by atoms with E-state index < -0.39 is 0 Å². The number of thiazole rings is 1. The summed E-state index contributed by atoms with van der Waals surface area (Å²) in [7, 11) is 0. The third kappa shape index (κ3) is 5.32. The van der Waals surface area contributed by atoms with Crippen molar-refractivity contribution in [1.29, 1.82) is 0 Å². The van der Waals surface area contributed by atoms with Crippen molar-refractivity contribution in [2.45, 2.75) is 33.1 Å². The molecule has 0 aliphatic heterocycles. The Kier molecular flexibility index (Phi) is 6.89. The lowest BCUT2D eigenvalue weighted by molar-refractivity contribution is 0.208. The van der Waals surface area contributed by atoms with E-state index in [-0.39, 0.29) is 11.0 Å². The van der Waals surface area contributed by atoms with Crippen LogP contribution in [-0.2, 0) is 5.41 Å². The van der Waals surface area contributed by atoms with Crippen molar-refractivity contribution in [3.63, 3.8) is 0 Å². The molecule has 0 spiro atoms. The average molecular weight is 515 g/mol. The van der Waals surface area contributed by atoms with Gasteiger partial charge in [0.1, 0.15) is 19.0 Å². The lowest BCUT2D eigenvalue weighted by Gasteiger charge is -2.19. The van der Waals surface area contributed by atoms with E-state index >= 15 is 0 Å². The highest BCUT2D eigenvalue weighted by atomic mass is 32.1. The van der Waals surface area contributed by atoms with E-state index in [9.17, 15) is 4.79 Å². The number of hydrogen-bond donors (Lipinski definition) is 0. The van der Waals surface area contributed by atoms with Crippen molar-refractivity contribution in [2.24, 2.45) is 0 Å². The molecule has 0 aliphatic carbocycles. The number of imidazole rings is 1. The van der Waals surface area contributed by atoms with Gasteiger partial charge in [-0.05, 0) is 65.9 Å². The first kappa shape index (κ1) is 24.8. The van der Waals surface area contributed by atoms with Crippen LogP contribution >= 0.6 is 11.3 Å². The second-order valence-corrected chi connectivity index (χ2v) is 10.8. The van der Waals surface area contributed by atoms with Gasteiger partial charge in [0, 0.05) is 0 Å². The molecule has 5 rings (SSSR count). The van der Waals surface area contributed by atoms with E-state index in [1.54, 1.807) is 4.40 Å². The Morgan fingerprint density at radius 3 is 2.43 bits per heavy atom. The molecule has 37 heavy (non-hydrogen) atoms. The normalized spacial score (nSPS) is 12.4. The summed E-state index contributed by atoms with van der Waals surface area (Å²) in [5.41, 5.74) is 3.81. The number of nitrogens with zero attached hydrogens (tertiary/aromatic N) is 2. The fourth-order valence-electron chi connectivity index (χ4n) is 4.13. The molecule has 3 aromatic carbocycles. The summed E-state index contributed by atoms with van der Waals surface area (Å²) in [4.78, 5) is 18.3. The minimum atomic E-state index is -0.0698. The van der Waals surface area contributed by atoms with Crippen molar-refractivity contribution in [2.75, 3.05) is 19.8 Å². The van der Waals surface area contributed by atoms with Gasteiger partial charge in [0.05, 0.1) is 22.2 Å². The molecule has 2 aromatic heterocycles. The molecule has 2 heterocycles. The van der Waals surface area contributed by atoms with E-state index in [4.69, 9.17) is 14.2 Å². The van der Waals surface area contributed by atoms with Gasteiger partial charge in [0.25, 0.3) is 5.56 Å². The molecule has 0 bridgehead atoms. The second kappa shape index (κ2) is 10.3. The molecular weight excluding hydrogens is 484 g/mol. The lowest BCUT2D eigenvalue weighted by atomic mass is 9.87. The zero-order valence-electron chi connectivity index (χ0n) is 21.5. The van der Waals surface area contributed by atoms with Gasteiger partial charge in [-0.1, -0.05) is 62.4 Å². The fraction of sp³-hybridized carbons (Fsp3) is 0.267. The number of fused-ring (bicyclic) bond motifs is 3. The van der Waals surface area contributed by atoms with E-state index in [0.29, 0.717) is 40.8 Å². The molecule has 5 aromatic rings. The standard InChI is InChI=1S/C30H30N2O4S/c1-5-34-26-18-20(19-27-28(33)32-24-9-7-6-8-23(24)31-29(32)37-27)10-15-25(26)36-17-16-35-22-13-11-21(12-14-22)30(2,3)4/h6-15,18-19H,5,16-17H2,1-4H3/b27-19+. The SMILES string of the molecule is CCOc1cc(/C=c2/sc3nc4ccccc4n3c2=O)ccc1OCCOc1ccc(C(C)(C)C)cc1. The van der Waals surface area contributed by atoms with Gasteiger partial charge in [-0.3, -0.25) is 4.79 Å². The number of aromatic nitrogens is 2. The molecule has 190 valence electrons. The smallest absolute Gasteiger partial charge is 0.274 e. The Hall–Kier alpha value is -3.84. The van der Waals surface area contributed by atoms with Crippen LogP contribution in [0.3, 0.4) is 0 Å². The zero-order chi connectivity index (χ0) is 26.0. The van der Waals surface area contributed by atoms with Crippen LogP contribution in [0.25, 0.3) is 22.1 Å². The van der Waals surface area contributed by atoms with Crippen LogP contribution in [0.1, 0.15) is 38.8 Å². The van der Waals surface area contributed by atoms with E-state index in [1.165, 1.54) is 16.9 Å². The highest BCUT2D eigenvalue weighted by molar-refractivity contribution is 7.15. The molecular formula is C30H30N2O4S. The second-order valence-electron chi connectivity index (χ2n) is 9.74. The van der Waals surface area contributed by atoms with E-state index in [2.05, 4.69) is 37.9 Å². The summed E-state index contributed by atoms with van der Waals surface area (Å²) in [5.74, 6) is 2.08. The van der Waals surface area contributed by atoms with Crippen molar-refractivity contribution >= 4 is 33.4 Å². The largest absolute Gasteiger partial charge is 0.490 e. The fourth-order valence-corrected chi connectivity index (χ4v) is 5.11. The van der Waals surface area contributed by atoms with Crippen LogP contribution in [0, 0.1) is 0 Å². The van der Waals surface area contributed by atoms with Crippen LogP contribution in [0.2, 0.25) is 0 Å². The lowest BCUT2D eigenvalue weighted by Crippen LogP contribution is -2.22. The van der Waals surface area contributed by atoms with Crippen LogP contribution in [0.4, 0.5) is 0 Å². The van der Waals surface area contributed by atoms with Gasteiger partial charge >= 0.3 is 0 Å². The number of benzene rings is 3. The number of ether oxygens (including phenoxy) is 3. The summed E-state index contributed by atoms with van der Waals surface area (Å²) >= 11 is 1.38. The average Bonchev–Trinajstić information content (AvgIpc) is 3.38. The third-order valence-electron chi connectivity index (χ3n) is 6.04. The van der Waals surface area contributed by atoms with Crippen LogP contribution in [0.15, 0.2) is 71.5 Å². The third-order valence-corrected chi connectivity index (χ3v) is 7.01. The van der Waals surface area contributed by atoms with Crippen molar-refractivity contribution in [1.82, 2.24) is 9.38 Å². The quantitative estimate of drug-likeness (QED) is 0.252. The van der Waals surface area contributed by atoms with Gasteiger partial charge in [-0.2, -0.15) is 0 Å². The van der Waals surface area contributed by atoms with Gasteiger partial charge in [0.2, 0.25) is 0 Å². The Labute approximate surface area is 219 Å². The predicted molar refractivity (Wildman–Crippen MR) is 149 cm³/mol. The van der Waals surface area contributed by atoms with Crippen molar-refractivity contribution in [3.05, 3.63) is 92.7 Å². The Morgan fingerprint density at radius 2 is 1.68 bits per heavy atom. The molecule has 0 aliphatic rings. The van der Waals surface area contributed by atoms with Crippen molar-refractivity contribution in [3.8, 4) is 17.2 Å². The molecule has 0 saturated carbocycles. The van der Waals surface area contributed by atoms with Crippen LogP contribution in [-0.4, -0.2) is 29.2 Å². The first-order chi connectivity index (χ1) is 17.8. The van der Waals surface area contributed by atoms with Gasteiger partial charge in [-0.15, -0.1) is 0 Å². The first-order valence-corrected chi connectivity index (χ1v) is 13.2. The summed E-state index contributed by atoms with van der Waals surface area (Å²) in [6.45, 7) is 9.80. The molecule has 7 heteroatoms. The Balaban J connectivity index is 1.30. The van der Waals surface area contributed by atoms with Gasteiger partial charge in [0.15, 0.2) is 16.5 Å². The van der Waals surface area contributed by atoms with E-state index in [0.717, 1.165) is 22.3 Å². The monoisotopic (exact) mass is 514 g/mol. The van der Waals surface area contributed by atoms with E-state index in [1.807, 2.05) is 67.6 Å². The predicted octanol–water partition coefficient (Wildman–Crippen LogP) is 5.61. The maximum absolute atomic E-state index is 13.1. The molecule has 0 N–H and O–H groups in total. The topological polar surface area (TPSA) is 62.1 Å². The molecule has 0 radical (unpaired) electrons. The maximum Gasteiger partial charge on any atom is 0.274 e. The summed E-state index contributed by atoms with van der Waals surface area (Å²) in [6, 6.07) is 21.5. The zero-order valence-corrected chi connectivity index (χ0v) is 22.3. The summed E-state index contributed by atoms with van der Waals surface area (Å²) in [6.07, 6.45) is 1.87. The van der Waals surface area contributed by atoms with Crippen LogP contribution < -0.4 is 24.3 Å². The Bertz CT molecular complexity index is 1650. The molecule has 0 unspecified atom stereocenters. The molecule has 0 amide bonds. The highest BCUT2D eigenvalue weighted by Gasteiger charge is 2.14. The number of para-hydroxylation sites is 2. The highest BCUT2D eigenvalue weighted by Crippen LogP contribution is 2.29. The minimum absolute atomic E-state index is 0.0698. The molecule has 6 nitrogen and oxygen atoms in total. The number of hydrogen-bond acceptors (Lipinski definition) is 6. The van der Waals surface area contributed by atoms with Crippen molar-refractivity contribution < 1.29 is 14.2 Å².